The first-order valence-corrected chi connectivity index (χ1v) is 11.4. The van der Waals surface area contributed by atoms with Gasteiger partial charge in [-0.25, -0.2) is 0 Å². The SMILES string of the molecule is COc1ccc(/C=C/C(=O)c2ccc3c(c2)OCCO3)cc1COc1ccc(C(C)(C)C)cc1. The van der Waals surface area contributed by atoms with E-state index in [1.165, 1.54) is 5.56 Å². The van der Waals surface area contributed by atoms with Gasteiger partial charge in [0.25, 0.3) is 0 Å². The second-order valence-corrected chi connectivity index (χ2v) is 9.19. The van der Waals surface area contributed by atoms with Crippen molar-refractivity contribution in [3.05, 3.63) is 89.0 Å². The zero-order chi connectivity index (χ0) is 24.1. The van der Waals surface area contributed by atoms with Crippen molar-refractivity contribution in [2.45, 2.75) is 32.8 Å². The smallest absolute Gasteiger partial charge is 0.185 e. The number of rotatable bonds is 7. The first-order valence-electron chi connectivity index (χ1n) is 11.4. The van der Waals surface area contributed by atoms with Crippen molar-refractivity contribution in [3.63, 3.8) is 0 Å². The largest absolute Gasteiger partial charge is 0.496 e. The maximum absolute atomic E-state index is 12.7. The molecule has 4 rings (SSSR count). The average Bonchev–Trinajstić information content (AvgIpc) is 2.85. The van der Waals surface area contributed by atoms with Gasteiger partial charge in [-0.15, -0.1) is 0 Å². The second kappa shape index (κ2) is 10.0. The summed E-state index contributed by atoms with van der Waals surface area (Å²) in [6.45, 7) is 7.92. The van der Waals surface area contributed by atoms with Crippen LogP contribution in [-0.2, 0) is 12.0 Å². The average molecular weight is 459 g/mol. The lowest BCUT2D eigenvalue weighted by Crippen LogP contribution is -2.15. The van der Waals surface area contributed by atoms with Crippen molar-refractivity contribution in [1.29, 1.82) is 0 Å². The Balaban J connectivity index is 1.45. The van der Waals surface area contributed by atoms with Gasteiger partial charge in [0.1, 0.15) is 31.3 Å². The predicted octanol–water partition coefficient (Wildman–Crippen LogP) is 6.24. The molecule has 5 nitrogen and oxygen atoms in total. The first-order chi connectivity index (χ1) is 16.3. The molecule has 0 N–H and O–H groups in total. The van der Waals surface area contributed by atoms with Gasteiger partial charge in [0.15, 0.2) is 17.3 Å². The number of carbonyl (C=O) groups is 1. The number of allylic oxidation sites excluding steroid dienone is 1. The Hall–Kier alpha value is -3.73. The molecule has 5 heteroatoms. The highest BCUT2D eigenvalue weighted by Crippen LogP contribution is 2.31. The third-order valence-corrected chi connectivity index (χ3v) is 5.67. The third kappa shape index (κ3) is 5.60. The van der Waals surface area contributed by atoms with E-state index >= 15 is 0 Å². The van der Waals surface area contributed by atoms with E-state index in [1.807, 2.05) is 30.3 Å². The van der Waals surface area contributed by atoms with Crippen LogP contribution in [0, 0.1) is 0 Å². The van der Waals surface area contributed by atoms with Crippen LogP contribution in [0.3, 0.4) is 0 Å². The fraction of sp³-hybridized carbons (Fsp3) is 0.276. The molecule has 0 atom stereocenters. The number of methoxy groups -OCH3 is 1. The van der Waals surface area contributed by atoms with Gasteiger partial charge in [0.2, 0.25) is 0 Å². The Morgan fingerprint density at radius 3 is 2.38 bits per heavy atom. The van der Waals surface area contributed by atoms with Crippen LogP contribution in [0.4, 0.5) is 0 Å². The predicted molar refractivity (Wildman–Crippen MR) is 133 cm³/mol. The van der Waals surface area contributed by atoms with Crippen LogP contribution in [0.2, 0.25) is 0 Å². The quantitative estimate of drug-likeness (QED) is 0.310. The van der Waals surface area contributed by atoms with E-state index in [9.17, 15) is 4.79 Å². The number of carbonyl (C=O) groups excluding carboxylic acids is 1. The highest BCUT2D eigenvalue weighted by molar-refractivity contribution is 6.07. The molecule has 0 aromatic heterocycles. The van der Waals surface area contributed by atoms with E-state index in [-0.39, 0.29) is 11.2 Å². The molecule has 176 valence electrons. The van der Waals surface area contributed by atoms with Crippen LogP contribution < -0.4 is 18.9 Å². The van der Waals surface area contributed by atoms with Crippen molar-refractivity contribution in [1.82, 2.24) is 0 Å². The summed E-state index contributed by atoms with van der Waals surface area (Å²) in [5, 5.41) is 0. The lowest BCUT2D eigenvalue weighted by Gasteiger charge is -2.19. The molecule has 0 radical (unpaired) electrons. The summed E-state index contributed by atoms with van der Waals surface area (Å²) in [6, 6.07) is 19.2. The molecule has 34 heavy (non-hydrogen) atoms. The zero-order valence-electron chi connectivity index (χ0n) is 20.1. The van der Waals surface area contributed by atoms with Gasteiger partial charge in [-0.3, -0.25) is 4.79 Å². The van der Waals surface area contributed by atoms with Crippen LogP contribution in [0.1, 0.15) is 47.8 Å². The summed E-state index contributed by atoms with van der Waals surface area (Å²) < 4.78 is 22.6. The van der Waals surface area contributed by atoms with Crippen LogP contribution in [0.15, 0.2) is 66.7 Å². The highest BCUT2D eigenvalue weighted by atomic mass is 16.6. The summed E-state index contributed by atoms with van der Waals surface area (Å²) >= 11 is 0. The van der Waals surface area contributed by atoms with Crippen molar-refractivity contribution >= 4 is 11.9 Å². The maximum Gasteiger partial charge on any atom is 0.185 e. The number of benzene rings is 3. The molecule has 0 aliphatic carbocycles. The Morgan fingerprint density at radius 1 is 0.941 bits per heavy atom. The van der Waals surface area contributed by atoms with Gasteiger partial charge in [-0.05, 0) is 65.1 Å². The molecule has 0 fully saturated rings. The Labute approximate surface area is 200 Å². The van der Waals surface area contributed by atoms with Crippen molar-refractivity contribution in [2.24, 2.45) is 0 Å². The van der Waals surface area contributed by atoms with Crippen LogP contribution >= 0.6 is 0 Å². The van der Waals surface area contributed by atoms with Crippen LogP contribution in [0.25, 0.3) is 6.08 Å². The fourth-order valence-electron chi connectivity index (χ4n) is 3.69. The van der Waals surface area contributed by atoms with E-state index < -0.39 is 0 Å². The van der Waals surface area contributed by atoms with E-state index in [0.717, 1.165) is 22.6 Å². The molecule has 3 aromatic rings. The van der Waals surface area contributed by atoms with Gasteiger partial charge < -0.3 is 18.9 Å². The van der Waals surface area contributed by atoms with Crippen LogP contribution in [-0.4, -0.2) is 26.1 Å². The number of ketones is 1. The first kappa shape index (κ1) is 23.4. The number of fused-ring (bicyclic) bond motifs is 1. The van der Waals surface area contributed by atoms with E-state index in [2.05, 4.69) is 32.9 Å². The van der Waals surface area contributed by atoms with E-state index in [1.54, 1.807) is 37.5 Å². The summed E-state index contributed by atoms with van der Waals surface area (Å²) in [6.07, 6.45) is 3.35. The van der Waals surface area contributed by atoms with Gasteiger partial charge >= 0.3 is 0 Å². The van der Waals surface area contributed by atoms with Crippen molar-refractivity contribution in [2.75, 3.05) is 20.3 Å². The Morgan fingerprint density at radius 2 is 1.68 bits per heavy atom. The fourth-order valence-corrected chi connectivity index (χ4v) is 3.69. The zero-order valence-corrected chi connectivity index (χ0v) is 20.1. The summed E-state index contributed by atoms with van der Waals surface area (Å²) in [5.74, 6) is 2.69. The second-order valence-electron chi connectivity index (χ2n) is 9.19. The molecule has 1 aliphatic heterocycles. The molecule has 3 aromatic carbocycles. The molecule has 0 amide bonds. The van der Waals surface area contributed by atoms with E-state index in [4.69, 9.17) is 18.9 Å². The Bertz CT molecular complexity index is 1190. The maximum atomic E-state index is 12.7. The molecule has 1 heterocycles. The monoisotopic (exact) mass is 458 g/mol. The number of ether oxygens (including phenoxy) is 4. The minimum Gasteiger partial charge on any atom is -0.496 e. The molecule has 1 aliphatic rings. The molecule has 0 saturated heterocycles. The molecule has 0 spiro atoms. The summed E-state index contributed by atoms with van der Waals surface area (Å²) in [4.78, 5) is 12.7. The molecule has 0 saturated carbocycles. The topological polar surface area (TPSA) is 54.0 Å². The van der Waals surface area contributed by atoms with E-state index in [0.29, 0.717) is 36.9 Å². The number of hydrogen-bond donors (Lipinski definition) is 0. The minimum atomic E-state index is -0.107. The van der Waals surface area contributed by atoms with Crippen LogP contribution in [0.5, 0.6) is 23.0 Å². The van der Waals surface area contributed by atoms with Gasteiger partial charge in [0, 0.05) is 11.1 Å². The van der Waals surface area contributed by atoms with Gasteiger partial charge in [-0.2, -0.15) is 0 Å². The molecular weight excluding hydrogens is 428 g/mol. The molecule has 0 unspecified atom stereocenters. The lowest BCUT2D eigenvalue weighted by molar-refractivity contribution is 0.104. The highest BCUT2D eigenvalue weighted by Gasteiger charge is 2.15. The third-order valence-electron chi connectivity index (χ3n) is 5.67. The summed E-state index contributed by atoms with van der Waals surface area (Å²) in [5.41, 5.74) is 3.69. The number of hydrogen-bond acceptors (Lipinski definition) is 5. The Kier molecular flexibility index (Phi) is 6.92. The van der Waals surface area contributed by atoms with Gasteiger partial charge in [-0.1, -0.05) is 45.0 Å². The van der Waals surface area contributed by atoms with Gasteiger partial charge in [0.05, 0.1) is 7.11 Å². The molecule has 0 bridgehead atoms. The van der Waals surface area contributed by atoms with Crippen molar-refractivity contribution < 1.29 is 23.7 Å². The molecular formula is C29H30O5. The normalized spacial score (nSPS) is 13.1. The summed E-state index contributed by atoms with van der Waals surface area (Å²) in [7, 11) is 1.64. The minimum absolute atomic E-state index is 0.0970. The van der Waals surface area contributed by atoms with Crippen molar-refractivity contribution in [3.8, 4) is 23.0 Å². The lowest BCUT2D eigenvalue weighted by atomic mass is 9.87. The standard InChI is InChI=1S/C29H30O5/c1-29(2,3)23-8-10-24(11-9-23)34-19-22-17-20(6-13-26(22)31-4)5-12-25(30)21-7-14-27-28(18-21)33-16-15-32-27/h5-14,17-18H,15-16,19H2,1-4H3/b12-5+.